The summed E-state index contributed by atoms with van der Waals surface area (Å²) in [7, 11) is 0. The lowest BCUT2D eigenvalue weighted by Gasteiger charge is -2.21. The van der Waals surface area contributed by atoms with Crippen LogP contribution in [0, 0.1) is 0 Å². The van der Waals surface area contributed by atoms with Crippen LogP contribution in [-0.4, -0.2) is 46.0 Å². The maximum absolute atomic E-state index is 11.9. The van der Waals surface area contributed by atoms with Crippen LogP contribution in [0.1, 0.15) is 13.8 Å². The predicted octanol–water partition coefficient (Wildman–Crippen LogP) is 1.56. The van der Waals surface area contributed by atoms with E-state index in [0.717, 1.165) is 0 Å². The van der Waals surface area contributed by atoms with Gasteiger partial charge in [0.25, 0.3) is 5.91 Å². The van der Waals surface area contributed by atoms with E-state index in [9.17, 15) is 14.7 Å². The van der Waals surface area contributed by atoms with Gasteiger partial charge in [0.2, 0.25) is 0 Å². The predicted molar refractivity (Wildman–Crippen MR) is 85.5 cm³/mol. The molecule has 2 unspecified atom stereocenters. The van der Waals surface area contributed by atoms with Gasteiger partial charge in [0, 0.05) is 11.0 Å². The molecular formula is C15H18N2O4S. The second kappa shape index (κ2) is 6.83. The number of aliphatic imine (C=N–C) groups is 1. The van der Waals surface area contributed by atoms with Gasteiger partial charge in [-0.25, -0.2) is 4.79 Å². The van der Waals surface area contributed by atoms with Crippen molar-refractivity contribution in [2.45, 2.75) is 30.0 Å². The van der Waals surface area contributed by atoms with Gasteiger partial charge in [-0.05, 0) is 26.0 Å². The number of nitrogens with zero attached hydrogens (tertiary/aromatic N) is 1. The highest BCUT2D eigenvalue weighted by Gasteiger charge is 2.37. The molecule has 2 rings (SSSR count). The minimum absolute atomic E-state index is 0.233. The molecule has 0 fully saturated rings. The Balaban J connectivity index is 1.90. The maximum Gasteiger partial charge on any atom is 0.329 e. The van der Waals surface area contributed by atoms with Crippen LogP contribution in [0.25, 0.3) is 0 Å². The third-order valence-electron chi connectivity index (χ3n) is 2.94. The number of nitrogens with one attached hydrogen (secondary N) is 1. The van der Waals surface area contributed by atoms with E-state index in [-0.39, 0.29) is 11.4 Å². The first-order valence-corrected chi connectivity index (χ1v) is 7.67. The van der Waals surface area contributed by atoms with Crippen molar-refractivity contribution in [2.75, 3.05) is 6.61 Å². The molecule has 1 aliphatic heterocycles. The number of benzene rings is 1. The van der Waals surface area contributed by atoms with Crippen LogP contribution >= 0.6 is 11.8 Å². The van der Waals surface area contributed by atoms with E-state index in [1.54, 1.807) is 30.5 Å². The molecule has 1 aliphatic rings. The van der Waals surface area contributed by atoms with Gasteiger partial charge in [-0.2, -0.15) is 0 Å². The third kappa shape index (κ3) is 4.49. The number of carboxylic acids is 1. The Morgan fingerprint density at radius 3 is 2.64 bits per heavy atom. The highest BCUT2D eigenvalue weighted by atomic mass is 32.2. The highest BCUT2D eigenvalue weighted by Crippen LogP contribution is 2.35. The third-order valence-corrected chi connectivity index (χ3v) is 4.29. The number of ether oxygens (including phenoxy) is 1. The average Bonchev–Trinajstić information content (AvgIpc) is 2.83. The van der Waals surface area contributed by atoms with E-state index in [1.807, 2.05) is 19.9 Å². The lowest BCUT2D eigenvalue weighted by molar-refractivity contribution is -0.142. The first kappa shape index (κ1) is 16.4. The van der Waals surface area contributed by atoms with Crippen molar-refractivity contribution in [1.29, 1.82) is 0 Å². The van der Waals surface area contributed by atoms with Crippen LogP contribution in [0.5, 0.6) is 5.75 Å². The lowest BCUT2D eigenvalue weighted by Crippen LogP contribution is -2.48. The molecule has 6 nitrogen and oxygen atoms in total. The van der Waals surface area contributed by atoms with Crippen LogP contribution in [-0.2, 0) is 9.59 Å². The Hall–Kier alpha value is -2.02. The summed E-state index contributed by atoms with van der Waals surface area (Å²) in [5, 5.41) is 11.2. The molecule has 0 saturated carbocycles. The normalized spacial score (nSPS) is 20.4. The van der Waals surface area contributed by atoms with Crippen molar-refractivity contribution in [2.24, 2.45) is 4.99 Å². The van der Waals surface area contributed by atoms with E-state index in [2.05, 4.69) is 10.3 Å². The molecule has 1 amide bonds. The number of para-hydroxylation sites is 1. The number of amides is 1. The minimum Gasteiger partial charge on any atom is -0.484 e. The molecule has 0 radical (unpaired) electrons. The smallest absolute Gasteiger partial charge is 0.329 e. The van der Waals surface area contributed by atoms with E-state index < -0.39 is 23.3 Å². The largest absolute Gasteiger partial charge is 0.484 e. The van der Waals surface area contributed by atoms with E-state index in [4.69, 9.17) is 4.74 Å². The number of thioether (sulfide) groups is 1. The number of hydrogen-bond donors (Lipinski definition) is 2. The molecule has 0 bridgehead atoms. The number of rotatable bonds is 6. The van der Waals surface area contributed by atoms with Crippen LogP contribution in [0.2, 0.25) is 0 Å². The highest BCUT2D eigenvalue weighted by molar-refractivity contribution is 8.02. The van der Waals surface area contributed by atoms with E-state index in [1.165, 1.54) is 11.8 Å². The van der Waals surface area contributed by atoms with Crippen molar-refractivity contribution >= 4 is 29.9 Å². The summed E-state index contributed by atoms with van der Waals surface area (Å²) in [6.07, 6.45) is 1.71. The fourth-order valence-electron chi connectivity index (χ4n) is 1.91. The fraction of sp³-hybridized carbons (Fsp3) is 0.400. The van der Waals surface area contributed by atoms with Crippen LogP contribution in [0.15, 0.2) is 35.3 Å². The molecule has 2 atom stereocenters. The summed E-state index contributed by atoms with van der Waals surface area (Å²) in [4.78, 5) is 27.4. The summed E-state index contributed by atoms with van der Waals surface area (Å²) in [5.74, 6) is -1.05. The fourth-order valence-corrected chi connectivity index (χ4v) is 3.10. The molecule has 1 aromatic rings. The molecule has 0 aromatic heterocycles. The van der Waals surface area contributed by atoms with Gasteiger partial charge in [-0.3, -0.25) is 9.79 Å². The van der Waals surface area contributed by atoms with Crippen molar-refractivity contribution < 1.29 is 19.4 Å². The molecule has 1 aromatic carbocycles. The number of carboxylic acid groups (broad SMARTS) is 1. The SMILES string of the molecule is CC1(C)C=NC(C(NC(=O)COc2ccccc2)C(=O)O)S1. The van der Waals surface area contributed by atoms with E-state index in [0.29, 0.717) is 5.75 Å². The number of hydrogen-bond acceptors (Lipinski definition) is 5. The molecule has 2 N–H and O–H groups in total. The average molecular weight is 322 g/mol. The molecular weight excluding hydrogens is 304 g/mol. The Labute approximate surface area is 133 Å². The topological polar surface area (TPSA) is 88.0 Å². The van der Waals surface area contributed by atoms with Gasteiger partial charge in [0.05, 0.1) is 0 Å². The number of aliphatic carboxylic acids is 1. The summed E-state index contributed by atoms with van der Waals surface area (Å²) in [5.41, 5.74) is 0. The van der Waals surface area contributed by atoms with Crippen molar-refractivity contribution in [3.05, 3.63) is 30.3 Å². The quantitative estimate of drug-likeness (QED) is 0.830. The zero-order chi connectivity index (χ0) is 16.2. The first-order chi connectivity index (χ1) is 10.4. The molecule has 118 valence electrons. The van der Waals surface area contributed by atoms with Crippen molar-refractivity contribution in [3.63, 3.8) is 0 Å². The molecule has 7 heteroatoms. The number of carbonyl (C=O) groups excluding carboxylic acids is 1. The first-order valence-electron chi connectivity index (χ1n) is 6.79. The molecule has 0 saturated heterocycles. The van der Waals surface area contributed by atoms with Crippen molar-refractivity contribution in [1.82, 2.24) is 5.32 Å². The van der Waals surface area contributed by atoms with Gasteiger partial charge in [0.1, 0.15) is 11.1 Å². The van der Waals surface area contributed by atoms with Gasteiger partial charge in [-0.15, -0.1) is 11.8 Å². The van der Waals surface area contributed by atoms with Gasteiger partial charge in [-0.1, -0.05) is 18.2 Å². The Kier molecular flexibility index (Phi) is 5.07. The lowest BCUT2D eigenvalue weighted by atomic mass is 10.2. The minimum atomic E-state index is -1.11. The molecule has 22 heavy (non-hydrogen) atoms. The van der Waals surface area contributed by atoms with Crippen molar-refractivity contribution in [3.8, 4) is 5.75 Å². The zero-order valence-electron chi connectivity index (χ0n) is 12.4. The zero-order valence-corrected chi connectivity index (χ0v) is 13.2. The maximum atomic E-state index is 11.9. The van der Waals surface area contributed by atoms with Gasteiger partial charge in [0.15, 0.2) is 12.6 Å². The van der Waals surface area contributed by atoms with Crippen LogP contribution < -0.4 is 10.1 Å². The van der Waals surface area contributed by atoms with Gasteiger partial charge >= 0.3 is 5.97 Å². The summed E-state index contributed by atoms with van der Waals surface area (Å²) in [6.45, 7) is 3.65. The molecule has 1 heterocycles. The molecule has 0 spiro atoms. The standard InChI is InChI=1S/C15H18N2O4S/c1-15(2)9-16-13(22-15)12(14(19)20)17-11(18)8-21-10-6-4-3-5-7-10/h3-7,9,12-13H,8H2,1-2H3,(H,17,18)(H,19,20). The van der Waals surface area contributed by atoms with Crippen LogP contribution in [0.4, 0.5) is 0 Å². The Morgan fingerprint density at radius 1 is 1.41 bits per heavy atom. The Bertz CT molecular complexity index is 574. The molecule has 0 aliphatic carbocycles. The summed E-state index contributed by atoms with van der Waals surface area (Å²) in [6, 6.07) is 7.79. The van der Waals surface area contributed by atoms with E-state index >= 15 is 0 Å². The number of carbonyl (C=O) groups is 2. The monoisotopic (exact) mass is 322 g/mol. The summed E-state index contributed by atoms with van der Waals surface area (Å²) < 4.78 is 5.07. The van der Waals surface area contributed by atoms with Crippen LogP contribution in [0.3, 0.4) is 0 Å². The second-order valence-electron chi connectivity index (χ2n) is 5.38. The Morgan fingerprint density at radius 2 is 2.09 bits per heavy atom. The summed E-state index contributed by atoms with van der Waals surface area (Å²) >= 11 is 1.40. The van der Waals surface area contributed by atoms with Gasteiger partial charge < -0.3 is 15.2 Å². The second-order valence-corrected chi connectivity index (χ2v) is 7.15.